The van der Waals surface area contributed by atoms with Crippen LogP contribution in [-0.4, -0.2) is 18.1 Å². The number of nitrogens with one attached hydrogen (secondary N) is 1. The van der Waals surface area contributed by atoms with Crippen molar-refractivity contribution in [3.05, 3.63) is 97.0 Å². The van der Waals surface area contributed by atoms with Gasteiger partial charge >= 0.3 is 0 Å². The average molecular weight is 353 g/mol. The van der Waals surface area contributed by atoms with Crippen molar-refractivity contribution in [2.24, 2.45) is 0 Å². The van der Waals surface area contributed by atoms with Crippen LogP contribution in [0.15, 0.2) is 91.3 Å². The number of likely N-dealkylation sites (tertiary alicyclic amines) is 1. The molecular weight excluding hydrogens is 328 g/mol. The maximum atomic E-state index is 4.68. The van der Waals surface area contributed by atoms with E-state index < -0.39 is 0 Å². The van der Waals surface area contributed by atoms with E-state index >= 15 is 0 Å². The lowest BCUT2D eigenvalue weighted by Gasteiger charge is -2.11. The van der Waals surface area contributed by atoms with Crippen LogP contribution in [0.1, 0.15) is 18.5 Å². The van der Waals surface area contributed by atoms with Crippen LogP contribution in [0, 0.1) is 0 Å². The van der Waals surface area contributed by atoms with E-state index in [1.807, 2.05) is 12.3 Å². The fourth-order valence-electron chi connectivity index (χ4n) is 3.61. The first-order valence-electron chi connectivity index (χ1n) is 9.70. The van der Waals surface area contributed by atoms with E-state index in [1.165, 1.54) is 42.6 Å². The van der Waals surface area contributed by atoms with Gasteiger partial charge < -0.3 is 4.90 Å². The lowest BCUT2D eigenvalue weighted by atomic mass is 9.95. The Kier molecular flexibility index (Phi) is 5.56. The summed E-state index contributed by atoms with van der Waals surface area (Å²) in [5.74, 6) is 0. The highest BCUT2D eigenvalue weighted by molar-refractivity contribution is 5.83. The molecule has 0 bridgehead atoms. The van der Waals surface area contributed by atoms with Crippen LogP contribution >= 0.6 is 0 Å². The van der Waals surface area contributed by atoms with Gasteiger partial charge in [0.05, 0.1) is 25.0 Å². The molecule has 0 radical (unpaired) electrons. The van der Waals surface area contributed by atoms with Gasteiger partial charge in [0.2, 0.25) is 0 Å². The maximum Gasteiger partial charge on any atom is 0.0942 e. The highest BCUT2D eigenvalue weighted by Crippen LogP contribution is 2.32. The first-order valence-corrected chi connectivity index (χ1v) is 9.70. The quantitative estimate of drug-likeness (QED) is 0.663. The zero-order valence-electron chi connectivity index (χ0n) is 15.5. The van der Waals surface area contributed by atoms with E-state index in [2.05, 4.69) is 90.1 Å². The predicted octanol–water partition coefficient (Wildman–Crippen LogP) is 4.62. The number of hydrogen-bond acceptors (Lipinski definition) is 1. The summed E-state index contributed by atoms with van der Waals surface area (Å²) in [6, 6.07) is 23.2. The lowest BCUT2D eigenvalue weighted by molar-refractivity contribution is -0.832. The van der Waals surface area contributed by atoms with Crippen LogP contribution in [0.5, 0.6) is 0 Å². The molecule has 1 fully saturated rings. The molecule has 0 saturated carbocycles. The molecule has 0 atom stereocenters. The number of rotatable bonds is 5. The monoisotopic (exact) mass is 353 g/mol. The van der Waals surface area contributed by atoms with Crippen molar-refractivity contribution >= 4 is 6.08 Å². The maximum absolute atomic E-state index is 4.68. The van der Waals surface area contributed by atoms with Crippen molar-refractivity contribution in [3.8, 4) is 22.3 Å². The van der Waals surface area contributed by atoms with Gasteiger partial charge in [-0.05, 0) is 34.9 Å². The molecule has 2 heterocycles. The van der Waals surface area contributed by atoms with Gasteiger partial charge in [-0.3, -0.25) is 4.98 Å². The summed E-state index contributed by atoms with van der Waals surface area (Å²) in [7, 11) is 0. The van der Waals surface area contributed by atoms with E-state index in [4.69, 9.17) is 0 Å². The third-order valence-corrected chi connectivity index (χ3v) is 5.05. The molecule has 27 heavy (non-hydrogen) atoms. The van der Waals surface area contributed by atoms with Gasteiger partial charge in [-0.1, -0.05) is 66.7 Å². The molecule has 0 aliphatic carbocycles. The second-order valence-corrected chi connectivity index (χ2v) is 6.97. The molecule has 4 rings (SSSR count). The smallest absolute Gasteiger partial charge is 0.0942 e. The summed E-state index contributed by atoms with van der Waals surface area (Å²) in [5.41, 5.74) is 5.76. The van der Waals surface area contributed by atoms with E-state index in [0.717, 1.165) is 11.3 Å². The van der Waals surface area contributed by atoms with E-state index in [0.29, 0.717) is 0 Å². The average Bonchev–Trinajstić information content (AvgIpc) is 3.26. The van der Waals surface area contributed by atoms with Crippen LogP contribution in [0.3, 0.4) is 0 Å². The summed E-state index contributed by atoms with van der Waals surface area (Å²) in [5, 5.41) is 0. The van der Waals surface area contributed by atoms with Crippen molar-refractivity contribution < 1.29 is 4.90 Å². The molecule has 134 valence electrons. The molecule has 2 nitrogen and oxygen atoms in total. The van der Waals surface area contributed by atoms with Crippen molar-refractivity contribution in [2.75, 3.05) is 13.1 Å². The highest BCUT2D eigenvalue weighted by Gasteiger charge is 2.11. The normalized spacial score (nSPS) is 15.1. The first-order chi connectivity index (χ1) is 13.4. The number of aromatic nitrogens is 1. The number of hydrogen-bond donors (Lipinski definition) is 1. The van der Waals surface area contributed by atoms with Crippen LogP contribution in [0.2, 0.25) is 0 Å². The largest absolute Gasteiger partial charge is 0.309 e. The van der Waals surface area contributed by atoms with Gasteiger partial charge in [-0.25, -0.2) is 0 Å². The summed E-state index contributed by atoms with van der Waals surface area (Å²) >= 11 is 0. The molecule has 2 aromatic carbocycles. The third-order valence-electron chi connectivity index (χ3n) is 5.05. The number of quaternary nitrogens is 1. The van der Waals surface area contributed by atoms with Gasteiger partial charge in [0, 0.05) is 24.6 Å². The summed E-state index contributed by atoms with van der Waals surface area (Å²) < 4.78 is 0. The van der Waals surface area contributed by atoms with E-state index in [9.17, 15) is 0 Å². The van der Waals surface area contributed by atoms with Gasteiger partial charge in [0.1, 0.15) is 0 Å². The van der Waals surface area contributed by atoms with Gasteiger partial charge in [0.15, 0.2) is 0 Å². The van der Waals surface area contributed by atoms with Gasteiger partial charge in [-0.2, -0.15) is 0 Å². The van der Waals surface area contributed by atoms with Crippen LogP contribution in [0.25, 0.3) is 28.3 Å². The molecule has 0 spiro atoms. The number of allylic oxidation sites excluding steroid dienone is 2. The van der Waals surface area contributed by atoms with Crippen molar-refractivity contribution in [1.82, 2.24) is 4.98 Å². The summed E-state index contributed by atoms with van der Waals surface area (Å²) in [6.45, 7) is 2.51. The number of pyridine rings is 1. The third kappa shape index (κ3) is 4.42. The molecular formula is C25H25N2+. The van der Waals surface area contributed by atoms with Gasteiger partial charge in [0.25, 0.3) is 0 Å². The molecule has 2 heteroatoms. The SMILES string of the molecule is C(/C=C/[NH+]1CCCC1)=C\c1cc(-c2ccccc2)c(-c2ccccc2)cn1. The first kappa shape index (κ1) is 17.4. The van der Waals surface area contributed by atoms with E-state index in [-0.39, 0.29) is 0 Å². The Morgan fingerprint density at radius 3 is 2.04 bits per heavy atom. The zero-order chi connectivity index (χ0) is 18.3. The minimum atomic E-state index is 0.981. The minimum Gasteiger partial charge on any atom is -0.309 e. The van der Waals surface area contributed by atoms with Crippen molar-refractivity contribution in [3.63, 3.8) is 0 Å². The highest BCUT2D eigenvalue weighted by atomic mass is 15.1. The molecule has 1 aromatic heterocycles. The molecule has 1 aliphatic heterocycles. The Hall–Kier alpha value is -2.97. The lowest BCUT2D eigenvalue weighted by Crippen LogP contribution is -3.05. The van der Waals surface area contributed by atoms with Gasteiger partial charge in [-0.15, -0.1) is 0 Å². The van der Waals surface area contributed by atoms with E-state index in [1.54, 1.807) is 4.90 Å². The molecule has 1 aliphatic rings. The zero-order valence-corrected chi connectivity index (χ0v) is 15.5. The Labute approximate surface area is 161 Å². The number of nitrogens with zero attached hydrogens (tertiary/aromatic N) is 1. The Bertz CT molecular complexity index is 921. The summed E-state index contributed by atoms with van der Waals surface area (Å²) in [4.78, 5) is 6.25. The number of benzene rings is 2. The fraction of sp³-hybridized carbons (Fsp3) is 0.160. The van der Waals surface area contributed by atoms with Crippen LogP contribution in [-0.2, 0) is 0 Å². The molecule has 1 N–H and O–H groups in total. The second kappa shape index (κ2) is 8.61. The molecule has 0 unspecified atom stereocenters. The van der Waals surface area contributed by atoms with Crippen LogP contribution < -0.4 is 4.90 Å². The minimum absolute atomic E-state index is 0.981. The van der Waals surface area contributed by atoms with Crippen molar-refractivity contribution in [1.29, 1.82) is 0 Å². The Balaban J connectivity index is 1.64. The summed E-state index contributed by atoms with van der Waals surface area (Å²) in [6.07, 6.45) is 13.3. The standard InChI is InChI=1S/C25H24N2/c1-3-11-21(12-4-1)24-19-23(15-7-8-16-27-17-9-10-18-27)26-20-25(24)22-13-5-2-6-14-22/h1-8,11-16,19-20H,9-10,17-18H2/p+1/b15-7+,16-8+. The molecule has 3 aromatic rings. The molecule has 1 saturated heterocycles. The second-order valence-electron chi connectivity index (χ2n) is 6.97. The fourth-order valence-corrected chi connectivity index (χ4v) is 3.61. The molecule has 0 amide bonds. The van der Waals surface area contributed by atoms with Crippen LogP contribution in [0.4, 0.5) is 0 Å². The Morgan fingerprint density at radius 2 is 1.37 bits per heavy atom. The van der Waals surface area contributed by atoms with Crippen molar-refractivity contribution in [2.45, 2.75) is 12.8 Å². The predicted molar refractivity (Wildman–Crippen MR) is 113 cm³/mol. The topological polar surface area (TPSA) is 17.3 Å². The Morgan fingerprint density at radius 1 is 0.741 bits per heavy atom.